The molecule has 104 valence electrons. The maximum absolute atomic E-state index is 11.5. The van der Waals surface area contributed by atoms with Crippen LogP contribution in [0.5, 0.6) is 0 Å². The van der Waals surface area contributed by atoms with E-state index in [1.807, 2.05) is 6.07 Å². The Morgan fingerprint density at radius 2 is 2.40 bits per heavy atom. The molecule has 1 aliphatic carbocycles. The largest absolute Gasteiger partial charge is 0.438 e. The van der Waals surface area contributed by atoms with Crippen molar-refractivity contribution in [1.82, 2.24) is 9.88 Å². The second kappa shape index (κ2) is 3.82. The van der Waals surface area contributed by atoms with Gasteiger partial charge in [-0.2, -0.15) is 0 Å². The quantitative estimate of drug-likeness (QED) is 0.905. The standard InChI is InChI=1S/C15H17N3O2/c1-18-8-9-5-6-15(18,7-9)14-17-11-4-2-3-10(13(16)19)12(11)20-14/h2-4,9H,5-8H2,1H3,(H2,16,19)/t9-,15-/m0/s1. The molecule has 4 rings (SSSR count). The minimum Gasteiger partial charge on any atom is -0.438 e. The summed E-state index contributed by atoms with van der Waals surface area (Å²) in [4.78, 5) is 18.5. The Labute approximate surface area is 116 Å². The van der Waals surface area contributed by atoms with Crippen LogP contribution in [0.25, 0.3) is 11.1 Å². The molecule has 2 bridgehead atoms. The van der Waals surface area contributed by atoms with Gasteiger partial charge in [-0.05, 0) is 44.4 Å². The van der Waals surface area contributed by atoms with E-state index in [0.29, 0.717) is 11.1 Å². The number of rotatable bonds is 2. The number of piperidine rings is 1. The highest BCUT2D eigenvalue weighted by Crippen LogP contribution is 2.52. The second-order valence-electron chi connectivity index (χ2n) is 6.06. The number of likely N-dealkylation sites (tertiary alicyclic amines) is 1. The fraction of sp³-hybridized carbons (Fsp3) is 0.467. The fourth-order valence-electron chi connectivity index (χ4n) is 3.89. The molecule has 2 heterocycles. The van der Waals surface area contributed by atoms with Gasteiger partial charge in [0.05, 0.1) is 11.1 Å². The highest BCUT2D eigenvalue weighted by molar-refractivity contribution is 6.03. The Balaban J connectivity index is 1.90. The lowest BCUT2D eigenvalue weighted by molar-refractivity contribution is 0.0999. The summed E-state index contributed by atoms with van der Waals surface area (Å²) in [6.07, 6.45) is 3.40. The van der Waals surface area contributed by atoms with Gasteiger partial charge in [0.25, 0.3) is 5.91 Å². The zero-order chi connectivity index (χ0) is 13.9. The van der Waals surface area contributed by atoms with E-state index >= 15 is 0 Å². The Morgan fingerprint density at radius 3 is 3.05 bits per heavy atom. The molecule has 1 saturated heterocycles. The van der Waals surface area contributed by atoms with Crippen LogP contribution >= 0.6 is 0 Å². The molecule has 0 unspecified atom stereocenters. The first-order valence-corrected chi connectivity index (χ1v) is 7.01. The Hall–Kier alpha value is -1.88. The molecule has 2 N–H and O–H groups in total. The number of benzene rings is 1. The van der Waals surface area contributed by atoms with Crippen LogP contribution in [0, 0.1) is 5.92 Å². The Kier molecular flexibility index (Phi) is 2.27. The molecule has 5 heteroatoms. The van der Waals surface area contributed by atoms with Crippen LogP contribution in [-0.4, -0.2) is 29.4 Å². The van der Waals surface area contributed by atoms with Crippen molar-refractivity contribution in [3.8, 4) is 0 Å². The van der Waals surface area contributed by atoms with E-state index in [4.69, 9.17) is 10.2 Å². The Morgan fingerprint density at radius 1 is 1.55 bits per heavy atom. The lowest BCUT2D eigenvalue weighted by Gasteiger charge is -2.32. The summed E-state index contributed by atoms with van der Waals surface area (Å²) in [6.45, 7) is 1.10. The summed E-state index contributed by atoms with van der Waals surface area (Å²) in [5, 5.41) is 0. The molecular formula is C15H17N3O2. The van der Waals surface area contributed by atoms with Crippen molar-refractivity contribution in [3.05, 3.63) is 29.7 Å². The zero-order valence-electron chi connectivity index (χ0n) is 11.4. The number of hydrogen-bond acceptors (Lipinski definition) is 4. The molecule has 20 heavy (non-hydrogen) atoms. The van der Waals surface area contributed by atoms with Gasteiger partial charge in [-0.25, -0.2) is 4.98 Å². The average molecular weight is 271 g/mol. The van der Waals surface area contributed by atoms with Gasteiger partial charge in [0.1, 0.15) is 5.52 Å². The lowest BCUT2D eigenvalue weighted by atomic mass is 9.97. The number of fused-ring (bicyclic) bond motifs is 3. The molecule has 5 nitrogen and oxygen atoms in total. The van der Waals surface area contributed by atoms with Gasteiger partial charge < -0.3 is 10.2 Å². The number of amides is 1. The van der Waals surface area contributed by atoms with Crippen molar-refractivity contribution in [2.24, 2.45) is 11.7 Å². The first kappa shape index (κ1) is 11.9. The molecule has 1 aromatic carbocycles. The Bertz CT molecular complexity index is 708. The summed E-state index contributed by atoms with van der Waals surface area (Å²) in [5.74, 6) is 1.01. The summed E-state index contributed by atoms with van der Waals surface area (Å²) < 4.78 is 5.98. The van der Waals surface area contributed by atoms with Crippen molar-refractivity contribution in [1.29, 1.82) is 0 Å². The normalized spacial score (nSPS) is 29.4. The topological polar surface area (TPSA) is 72.4 Å². The minimum absolute atomic E-state index is 0.0847. The third kappa shape index (κ3) is 1.41. The van der Waals surface area contributed by atoms with Crippen LogP contribution in [0.15, 0.2) is 22.6 Å². The van der Waals surface area contributed by atoms with Crippen LogP contribution in [-0.2, 0) is 5.54 Å². The molecule has 1 saturated carbocycles. The minimum atomic E-state index is -0.472. The van der Waals surface area contributed by atoms with Crippen LogP contribution in [0.4, 0.5) is 0 Å². The summed E-state index contributed by atoms with van der Waals surface area (Å²) >= 11 is 0. The summed E-state index contributed by atoms with van der Waals surface area (Å²) in [7, 11) is 2.13. The van der Waals surface area contributed by atoms with Crippen molar-refractivity contribution in [2.75, 3.05) is 13.6 Å². The summed E-state index contributed by atoms with van der Waals surface area (Å²) in [5.41, 5.74) is 6.97. The maximum atomic E-state index is 11.5. The number of nitrogens with two attached hydrogens (primary N) is 1. The SMILES string of the molecule is CN1C[C@H]2CC[C@@]1(c1nc3cccc(C(N)=O)c3o1)C2. The molecule has 1 aliphatic heterocycles. The third-order valence-electron chi connectivity index (χ3n) is 4.93. The van der Waals surface area contributed by atoms with Gasteiger partial charge in [0.15, 0.2) is 5.58 Å². The molecule has 0 spiro atoms. The number of carbonyl (C=O) groups excluding carboxylic acids is 1. The number of para-hydroxylation sites is 1. The van der Waals surface area contributed by atoms with E-state index in [1.165, 1.54) is 6.42 Å². The predicted molar refractivity (Wildman–Crippen MR) is 74.2 cm³/mol. The van der Waals surface area contributed by atoms with E-state index in [2.05, 4.69) is 16.9 Å². The number of nitrogens with zero attached hydrogens (tertiary/aromatic N) is 2. The van der Waals surface area contributed by atoms with Crippen LogP contribution in [0.1, 0.15) is 35.5 Å². The van der Waals surface area contributed by atoms with Crippen molar-refractivity contribution < 1.29 is 9.21 Å². The predicted octanol–water partition coefficient (Wildman–Crippen LogP) is 1.87. The van der Waals surface area contributed by atoms with Crippen LogP contribution in [0.2, 0.25) is 0 Å². The molecule has 1 amide bonds. The van der Waals surface area contributed by atoms with Crippen LogP contribution < -0.4 is 5.73 Å². The molecule has 2 aliphatic rings. The van der Waals surface area contributed by atoms with E-state index in [1.54, 1.807) is 12.1 Å². The zero-order valence-corrected chi connectivity index (χ0v) is 11.4. The van der Waals surface area contributed by atoms with E-state index in [-0.39, 0.29) is 5.54 Å². The first-order chi connectivity index (χ1) is 9.60. The average Bonchev–Trinajstić information content (AvgIpc) is 3.08. The van der Waals surface area contributed by atoms with E-state index in [0.717, 1.165) is 36.7 Å². The molecule has 1 aromatic heterocycles. The first-order valence-electron chi connectivity index (χ1n) is 7.01. The van der Waals surface area contributed by atoms with Crippen molar-refractivity contribution in [3.63, 3.8) is 0 Å². The number of aromatic nitrogens is 1. The molecular weight excluding hydrogens is 254 g/mol. The maximum Gasteiger partial charge on any atom is 0.252 e. The van der Waals surface area contributed by atoms with Gasteiger partial charge in [-0.15, -0.1) is 0 Å². The van der Waals surface area contributed by atoms with Gasteiger partial charge in [0.2, 0.25) is 5.89 Å². The molecule has 2 atom stereocenters. The monoisotopic (exact) mass is 271 g/mol. The fourth-order valence-corrected chi connectivity index (χ4v) is 3.89. The number of primary amides is 1. The lowest BCUT2D eigenvalue weighted by Crippen LogP contribution is -2.39. The van der Waals surface area contributed by atoms with Crippen molar-refractivity contribution >= 4 is 17.0 Å². The van der Waals surface area contributed by atoms with E-state index < -0.39 is 5.91 Å². The molecule has 2 fully saturated rings. The summed E-state index contributed by atoms with van der Waals surface area (Å²) in [6, 6.07) is 5.35. The molecule has 0 radical (unpaired) electrons. The third-order valence-corrected chi connectivity index (χ3v) is 4.93. The van der Waals surface area contributed by atoms with E-state index in [9.17, 15) is 4.79 Å². The van der Waals surface area contributed by atoms with Gasteiger partial charge in [-0.3, -0.25) is 9.69 Å². The number of carbonyl (C=O) groups is 1. The smallest absolute Gasteiger partial charge is 0.252 e. The number of oxazole rings is 1. The van der Waals surface area contributed by atoms with Crippen LogP contribution in [0.3, 0.4) is 0 Å². The van der Waals surface area contributed by atoms with Gasteiger partial charge in [-0.1, -0.05) is 6.07 Å². The molecule has 2 aromatic rings. The van der Waals surface area contributed by atoms with Crippen molar-refractivity contribution in [2.45, 2.75) is 24.8 Å². The highest BCUT2D eigenvalue weighted by atomic mass is 16.4. The second-order valence-corrected chi connectivity index (χ2v) is 6.06. The highest BCUT2D eigenvalue weighted by Gasteiger charge is 2.53. The number of hydrogen-bond donors (Lipinski definition) is 1. The van der Waals surface area contributed by atoms with Gasteiger partial charge >= 0.3 is 0 Å². The van der Waals surface area contributed by atoms with Gasteiger partial charge in [0, 0.05) is 6.54 Å².